The fraction of sp³-hybridized carbons (Fsp3) is 0.692. The van der Waals surface area contributed by atoms with Crippen LogP contribution in [0.15, 0.2) is 16.7 Å². The molecule has 0 saturated carbocycles. The Balaban J connectivity index is 2.08. The van der Waals surface area contributed by atoms with Crippen molar-refractivity contribution in [1.29, 1.82) is 0 Å². The quantitative estimate of drug-likeness (QED) is 0.857. The monoisotopic (exact) mass is 287 g/mol. The van der Waals surface area contributed by atoms with Crippen LogP contribution in [-0.4, -0.2) is 25.8 Å². The highest BCUT2D eigenvalue weighted by Crippen LogP contribution is 2.35. The highest BCUT2D eigenvalue weighted by molar-refractivity contribution is 7.89. The molecule has 1 aromatic rings. The van der Waals surface area contributed by atoms with E-state index in [4.69, 9.17) is 4.42 Å². The summed E-state index contributed by atoms with van der Waals surface area (Å²) in [6.07, 6.45) is 3.68. The second-order valence-electron chi connectivity index (χ2n) is 5.64. The summed E-state index contributed by atoms with van der Waals surface area (Å²) in [4.78, 5) is 0. The number of nitrogens with one attached hydrogen (secondary N) is 1. The average molecular weight is 287 g/mol. The summed E-state index contributed by atoms with van der Waals surface area (Å²) in [7, 11) is -3.34. The van der Waals surface area contributed by atoms with Gasteiger partial charge < -0.3 is 9.52 Å². The van der Waals surface area contributed by atoms with Gasteiger partial charge in [0.25, 0.3) is 0 Å². The molecule has 0 radical (unpaired) electrons. The summed E-state index contributed by atoms with van der Waals surface area (Å²) in [6, 6.07) is 1.73. The van der Waals surface area contributed by atoms with Crippen LogP contribution in [0.3, 0.4) is 0 Å². The summed E-state index contributed by atoms with van der Waals surface area (Å²) in [5.41, 5.74) is -0.434. The molecule has 5 nitrogen and oxygen atoms in total. The zero-order valence-corrected chi connectivity index (χ0v) is 12.2. The van der Waals surface area contributed by atoms with Gasteiger partial charge in [-0.25, -0.2) is 13.1 Å². The van der Waals surface area contributed by atoms with Gasteiger partial charge in [0.15, 0.2) is 0 Å². The Labute approximate surface area is 114 Å². The second kappa shape index (κ2) is 5.26. The van der Waals surface area contributed by atoms with Crippen LogP contribution in [0.2, 0.25) is 0 Å². The molecular weight excluding hydrogens is 266 g/mol. The summed E-state index contributed by atoms with van der Waals surface area (Å²) >= 11 is 0. The van der Waals surface area contributed by atoms with E-state index in [2.05, 4.69) is 4.72 Å². The van der Waals surface area contributed by atoms with Crippen LogP contribution in [0.25, 0.3) is 0 Å². The first-order valence-electron chi connectivity index (χ1n) is 6.59. The molecule has 1 aliphatic rings. The van der Waals surface area contributed by atoms with Crippen LogP contribution >= 0.6 is 0 Å². The molecule has 19 heavy (non-hydrogen) atoms. The minimum absolute atomic E-state index is 0.00852. The lowest BCUT2D eigenvalue weighted by Crippen LogP contribution is -2.43. The maximum atomic E-state index is 11.8. The topological polar surface area (TPSA) is 79.5 Å². The van der Waals surface area contributed by atoms with E-state index < -0.39 is 15.6 Å². The first-order valence-corrected chi connectivity index (χ1v) is 8.24. The van der Waals surface area contributed by atoms with Crippen molar-refractivity contribution >= 4 is 10.0 Å². The number of hydrogen-bond donors (Lipinski definition) is 2. The molecule has 0 aromatic carbocycles. The Morgan fingerprint density at radius 1 is 1.53 bits per heavy atom. The van der Waals surface area contributed by atoms with Gasteiger partial charge in [0.05, 0.1) is 12.0 Å². The first kappa shape index (κ1) is 14.6. The Morgan fingerprint density at radius 2 is 2.26 bits per heavy atom. The number of aliphatic hydroxyl groups is 1. The molecule has 1 heterocycles. The Hall–Kier alpha value is -0.850. The van der Waals surface area contributed by atoms with Crippen molar-refractivity contribution in [1.82, 2.24) is 4.72 Å². The molecule has 2 N–H and O–H groups in total. The van der Waals surface area contributed by atoms with E-state index in [1.165, 1.54) is 0 Å². The normalized spacial score (nSPS) is 23.6. The van der Waals surface area contributed by atoms with Gasteiger partial charge in [-0.1, -0.05) is 13.8 Å². The molecule has 0 amide bonds. The molecule has 0 aliphatic heterocycles. The molecule has 1 aliphatic carbocycles. The average Bonchev–Trinajstić information content (AvgIpc) is 2.75. The Morgan fingerprint density at radius 3 is 2.95 bits per heavy atom. The molecule has 1 unspecified atom stereocenters. The minimum Gasteiger partial charge on any atom is -0.469 e. The lowest BCUT2D eigenvalue weighted by atomic mass is 9.83. The Kier molecular flexibility index (Phi) is 4.03. The number of fused-ring (bicyclic) bond motifs is 1. The van der Waals surface area contributed by atoms with Crippen molar-refractivity contribution in [3.05, 3.63) is 23.7 Å². The zero-order valence-electron chi connectivity index (χ0n) is 11.3. The van der Waals surface area contributed by atoms with Crippen molar-refractivity contribution in [2.24, 2.45) is 5.92 Å². The van der Waals surface area contributed by atoms with Crippen molar-refractivity contribution in [3.8, 4) is 0 Å². The van der Waals surface area contributed by atoms with Crippen LogP contribution in [0.5, 0.6) is 0 Å². The molecule has 0 saturated heterocycles. The molecule has 2 rings (SSSR count). The SMILES string of the molecule is CC(C)CS(=O)(=O)NCC1(O)CCCc2occc21. The van der Waals surface area contributed by atoms with Gasteiger partial charge in [0.1, 0.15) is 11.4 Å². The number of rotatable bonds is 5. The fourth-order valence-electron chi connectivity index (χ4n) is 2.54. The van der Waals surface area contributed by atoms with Gasteiger partial charge in [0, 0.05) is 18.5 Å². The highest BCUT2D eigenvalue weighted by Gasteiger charge is 2.37. The largest absolute Gasteiger partial charge is 0.469 e. The third-order valence-corrected chi connectivity index (χ3v) is 5.07. The lowest BCUT2D eigenvalue weighted by Gasteiger charge is -2.31. The fourth-order valence-corrected chi connectivity index (χ4v) is 3.99. The molecule has 0 bridgehead atoms. The molecule has 6 heteroatoms. The summed E-state index contributed by atoms with van der Waals surface area (Å²) in [6.45, 7) is 3.71. The van der Waals surface area contributed by atoms with Gasteiger partial charge in [0.2, 0.25) is 10.0 Å². The van der Waals surface area contributed by atoms with Gasteiger partial charge >= 0.3 is 0 Å². The Bertz CT molecular complexity index is 535. The highest BCUT2D eigenvalue weighted by atomic mass is 32.2. The van der Waals surface area contributed by atoms with E-state index in [0.717, 1.165) is 18.6 Å². The van der Waals surface area contributed by atoms with Gasteiger partial charge in [-0.15, -0.1) is 0 Å². The maximum absolute atomic E-state index is 11.8. The molecule has 1 aromatic heterocycles. The molecular formula is C13H21NO4S. The van der Waals surface area contributed by atoms with Gasteiger partial charge in [-0.2, -0.15) is 0 Å². The molecule has 108 valence electrons. The zero-order chi connectivity index (χ0) is 14.1. The standard InChI is InChI=1S/C13H21NO4S/c1-10(2)8-19(16,17)14-9-13(15)6-3-4-12-11(13)5-7-18-12/h5,7,10,14-15H,3-4,6,8-9H2,1-2H3. The van der Waals surface area contributed by atoms with E-state index >= 15 is 0 Å². The summed E-state index contributed by atoms with van der Waals surface area (Å²) in [5, 5.41) is 10.6. The number of aryl methyl sites for hydroxylation is 1. The number of hydrogen-bond acceptors (Lipinski definition) is 4. The van der Waals surface area contributed by atoms with Gasteiger partial charge in [-0.3, -0.25) is 0 Å². The van der Waals surface area contributed by atoms with Gasteiger partial charge in [-0.05, 0) is 24.8 Å². The van der Waals surface area contributed by atoms with Crippen LogP contribution in [0.1, 0.15) is 38.0 Å². The van der Waals surface area contributed by atoms with E-state index in [9.17, 15) is 13.5 Å². The maximum Gasteiger partial charge on any atom is 0.211 e. The van der Waals surface area contributed by atoms with Crippen LogP contribution < -0.4 is 4.72 Å². The van der Waals surface area contributed by atoms with Crippen LogP contribution in [0, 0.1) is 5.92 Å². The van der Waals surface area contributed by atoms with E-state index in [1.807, 2.05) is 13.8 Å². The van der Waals surface area contributed by atoms with Crippen molar-refractivity contribution in [2.45, 2.75) is 38.7 Å². The molecule has 0 fully saturated rings. The van der Waals surface area contributed by atoms with E-state index in [-0.39, 0.29) is 18.2 Å². The van der Waals surface area contributed by atoms with E-state index in [1.54, 1.807) is 12.3 Å². The van der Waals surface area contributed by atoms with E-state index in [0.29, 0.717) is 12.0 Å². The molecule has 0 spiro atoms. The van der Waals surface area contributed by atoms with Crippen molar-refractivity contribution < 1.29 is 17.9 Å². The lowest BCUT2D eigenvalue weighted by molar-refractivity contribution is 0.0221. The van der Waals surface area contributed by atoms with Crippen molar-refractivity contribution in [3.63, 3.8) is 0 Å². The van der Waals surface area contributed by atoms with Crippen molar-refractivity contribution in [2.75, 3.05) is 12.3 Å². The predicted molar refractivity (Wildman–Crippen MR) is 72.2 cm³/mol. The minimum atomic E-state index is -3.34. The van der Waals surface area contributed by atoms with Crippen LogP contribution in [-0.2, 0) is 22.0 Å². The number of furan rings is 1. The number of sulfonamides is 1. The third kappa shape index (κ3) is 3.38. The third-order valence-electron chi connectivity index (χ3n) is 3.38. The summed E-state index contributed by atoms with van der Waals surface area (Å²) in [5.74, 6) is 0.890. The summed E-state index contributed by atoms with van der Waals surface area (Å²) < 4.78 is 31.5. The predicted octanol–water partition coefficient (Wildman–Crippen LogP) is 1.38. The second-order valence-corrected chi connectivity index (χ2v) is 7.49. The molecule has 1 atom stereocenters. The first-order chi connectivity index (χ1) is 8.82. The smallest absolute Gasteiger partial charge is 0.211 e. The van der Waals surface area contributed by atoms with Crippen LogP contribution in [0.4, 0.5) is 0 Å².